The first-order chi connectivity index (χ1) is 2.56. The number of hydrogen-bond acceptors (Lipinski definition) is 0. The quantitative estimate of drug-likeness (QED) is 0.405. The lowest BCUT2D eigenvalue weighted by Gasteiger charge is -2.12. The maximum atomic E-state index is 3.41. The van der Waals surface area contributed by atoms with Crippen LogP contribution in [0.1, 0.15) is 20.8 Å². The number of hydrogen-bond donors (Lipinski definition) is 0. The first-order valence-corrected chi connectivity index (χ1v) is 2.91. The Labute approximate surface area is 43.4 Å². The van der Waals surface area contributed by atoms with Crippen LogP contribution in [0.5, 0.6) is 0 Å². The van der Waals surface area contributed by atoms with Gasteiger partial charge < -0.3 is 0 Å². The fourth-order valence-corrected chi connectivity index (χ4v) is 0. The highest BCUT2D eigenvalue weighted by atomic mass is 28.1. The first kappa shape index (κ1) is 6.22. The molecule has 35 valence electrons. The van der Waals surface area contributed by atoms with Crippen LogP contribution in [-0.2, 0) is 0 Å². The van der Waals surface area contributed by atoms with E-state index in [2.05, 4.69) is 31.0 Å². The lowest BCUT2D eigenvalue weighted by molar-refractivity contribution is 0.469. The molecule has 0 spiro atoms. The molecule has 0 heterocycles. The summed E-state index contributed by atoms with van der Waals surface area (Å²) in [6.07, 6.45) is 0. The second-order valence-corrected chi connectivity index (χ2v) is 3.09. The average Bonchev–Trinajstić information content (AvgIpc) is 1.35. The first-order valence-electron chi connectivity index (χ1n) is 2.21. The lowest BCUT2D eigenvalue weighted by Crippen LogP contribution is -2.01. The summed E-state index contributed by atoms with van der Waals surface area (Å²) in [4.78, 5) is 0. The largest absolute Gasteiger partial charge is 0.0605 e. The predicted octanol–water partition coefficient (Wildman–Crippen LogP) is 1.62. The summed E-state index contributed by atoms with van der Waals surface area (Å²) in [6, 6.07) is 1.08. The van der Waals surface area contributed by atoms with E-state index < -0.39 is 0 Å². The van der Waals surface area contributed by atoms with E-state index >= 15 is 0 Å². The Morgan fingerprint density at radius 2 is 1.50 bits per heavy atom. The molecule has 0 amide bonds. The molecule has 0 aromatic carbocycles. The van der Waals surface area contributed by atoms with Crippen molar-refractivity contribution in [2.75, 3.05) is 0 Å². The van der Waals surface area contributed by atoms with E-state index in [0.29, 0.717) is 5.41 Å². The molecular formula is C5H11Si. The van der Waals surface area contributed by atoms with E-state index in [1.54, 1.807) is 0 Å². The molecule has 1 heteroatoms. The monoisotopic (exact) mass is 99.1 g/mol. The third-order valence-corrected chi connectivity index (χ3v) is 1.59. The van der Waals surface area contributed by atoms with Crippen LogP contribution in [-0.4, -0.2) is 10.2 Å². The molecule has 0 N–H and O–H groups in total. The fraction of sp³-hybridized carbons (Fsp3) is 1.00. The molecule has 0 fully saturated rings. The minimum atomic E-state index is 0.455. The smallest absolute Gasteiger partial charge is 0.0227 e. The summed E-state index contributed by atoms with van der Waals surface area (Å²) in [5.41, 5.74) is 0.455. The van der Waals surface area contributed by atoms with Gasteiger partial charge in [-0.3, -0.25) is 0 Å². The molecule has 0 bridgehead atoms. The van der Waals surface area contributed by atoms with Crippen LogP contribution in [0.25, 0.3) is 0 Å². The van der Waals surface area contributed by atoms with Crippen molar-refractivity contribution in [3.63, 3.8) is 0 Å². The van der Waals surface area contributed by atoms with E-state index in [9.17, 15) is 0 Å². The van der Waals surface area contributed by atoms with Gasteiger partial charge in [0.15, 0.2) is 0 Å². The molecule has 0 aliphatic rings. The second kappa shape index (κ2) is 1.78. The summed E-state index contributed by atoms with van der Waals surface area (Å²) >= 11 is 0. The molecule has 0 atom stereocenters. The Balaban J connectivity index is 3.17. The van der Waals surface area contributed by atoms with Crippen molar-refractivity contribution in [3.8, 4) is 0 Å². The Morgan fingerprint density at radius 1 is 1.33 bits per heavy atom. The van der Waals surface area contributed by atoms with Gasteiger partial charge in [0, 0.05) is 10.2 Å². The van der Waals surface area contributed by atoms with Crippen molar-refractivity contribution < 1.29 is 0 Å². The average molecular weight is 99.2 g/mol. The van der Waals surface area contributed by atoms with E-state index in [1.165, 1.54) is 0 Å². The van der Waals surface area contributed by atoms with Gasteiger partial charge in [0.2, 0.25) is 0 Å². The van der Waals surface area contributed by atoms with Gasteiger partial charge in [-0.25, -0.2) is 0 Å². The minimum absolute atomic E-state index is 0.455. The molecule has 0 aliphatic carbocycles. The standard InChI is InChI=1S/C5H11Si/c1-5(2,3)4-6/h4H2,1-3H3. The SMILES string of the molecule is CC(C)(C)C[Si]. The van der Waals surface area contributed by atoms with Crippen molar-refractivity contribution in [3.05, 3.63) is 0 Å². The van der Waals surface area contributed by atoms with Crippen LogP contribution >= 0.6 is 0 Å². The van der Waals surface area contributed by atoms with Gasteiger partial charge in [-0.15, -0.1) is 0 Å². The van der Waals surface area contributed by atoms with Gasteiger partial charge in [0.05, 0.1) is 0 Å². The van der Waals surface area contributed by atoms with E-state index in [0.717, 1.165) is 6.04 Å². The summed E-state index contributed by atoms with van der Waals surface area (Å²) in [6.45, 7) is 6.58. The Hall–Kier alpha value is 0.217. The van der Waals surface area contributed by atoms with Crippen LogP contribution in [0.2, 0.25) is 6.04 Å². The molecule has 0 rings (SSSR count). The number of rotatable bonds is 0. The molecule has 3 radical (unpaired) electrons. The summed E-state index contributed by atoms with van der Waals surface area (Å²) < 4.78 is 0. The summed E-state index contributed by atoms with van der Waals surface area (Å²) in [5, 5.41) is 0. The lowest BCUT2D eigenvalue weighted by atomic mass is 10.0. The highest BCUT2D eigenvalue weighted by molar-refractivity contribution is 6.08. The maximum Gasteiger partial charge on any atom is 0.0227 e. The van der Waals surface area contributed by atoms with Crippen LogP contribution in [0.4, 0.5) is 0 Å². The van der Waals surface area contributed by atoms with Crippen LogP contribution in [0.15, 0.2) is 0 Å². The van der Waals surface area contributed by atoms with E-state index in [-0.39, 0.29) is 0 Å². The van der Waals surface area contributed by atoms with Crippen LogP contribution in [0, 0.1) is 5.41 Å². The summed E-state index contributed by atoms with van der Waals surface area (Å²) in [7, 11) is 3.41. The molecule has 6 heavy (non-hydrogen) atoms. The zero-order valence-corrected chi connectivity index (χ0v) is 5.71. The molecular weight excluding hydrogens is 88.1 g/mol. The topological polar surface area (TPSA) is 0 Å². The molecule has 0 aromatic heterocycles. The third-order valence-electron chi connectivity index (χ3n) is 0.530. The molecule has 0 saturated heterocycles. The van der Waals surface area contributed by atoms with Gasteiger partial charge >= 0.3 is 0 Å². The molecule has 0 nitrogen and oxygen atoms in total. The molecule has 0 aromatic rings. The van der Waals surface area contributed by atoms with E-state index in [1.807, 2.05) is 0 Å². The minimum Gasteiger partial charge on any atom is -0.0605 e. The van der Waals surface area contributed by atoms with Crippen LogP contribution in [0.3, 0.4) is 0 Å². The van der Waals surface area contributed by atoms with Gasteiger partial charge in [0.25, 0.3) is 0 Å². The highest BCUT2D eigenvalue weighted by Gasteiger charge is 2.03. The van der Waals surface area contributed by atoms with Crippen LogP contribution < -0.4 is 0 Å². The van der Waals surface area contributed by atoms with Crippen molar-refractivity contribution in [2.24, 2.45) is 5.41 Å². The predicted molar refractivity (Wildman–Crippen MR) is 30.0 cm³/mol. The normalized spacial score (nSPS) is 12.0. The van der Waals surface area contributed by atoms with Crippen molar-refractivity contribution in [1.82, 2.24) is 0 Å². The van der Waals surface area contributed by atoms with Gasteiger partial charge in [-0.2, -0.15) is 0 Å². The maximum absolute atomic E-state index is 3.41. The zero-order valence-electron chi connectivity index (χ0n) is 4.71. The zero-order chi connectivity index (χ0) is 5.21. The van der Waals surface area contributed by atoms with E-state index in [4.69, 9.17) is 0 Å². The Bertz CT molecular complexity index is 33.7. The second-order valence-electron chi connectivity index (χ2n) is 2.74. The molecule has 0 unspecified atom stereocenters. The van der Waals surface area contributed by atoms with Crippen molar-refractivity contribution in [2.45, 2.75) is 26.8 Å². The third kappa shape index (κ3) is 4.22. The van der Waals surface area contributed by atoms with Crippen molar-refractivity contribution in [1.29, 1.82) is 0 Å². The fourth-order valence-electron chi connectivity index (χ4n) is 0. The van der Waals surface area contributed by atoms with Gasteiger partial charge in [-0.1, -0.05) is 26.8 Å². The van der Waals surface area contributed by atoms with Gasteiger partial charge in [-0.05, 0) is 5.41 Å². The Kier molecular flexibility index (Phi) is 1.85. The Morgan fingerprint density at radius 3 is 1.50 bits per heavy atom. The molecule has 0 saturated carbocycles. The van der Waals surface area contributed by atoms with Gasteiger partial charge in [0.1, 0.15) is 0 Å². The van der Waals surface area contributed by atoms with Crippen molar-refractivity contribution >= 4 is 10.2 Å². The summed E-state index contributed by atoms with van der Waals surface area (Å²) in [5.74, 6) is 0. The highest BCUT2D eigenvalue weighted by Crippen LogP contribution is 2.15. The molecule has 0 aliphatic heterocycles.